The van der Waals surface area contributed by atoms with E-state index in [9.17, 15) is 9.18 Å². The fourth-order valence-electron chi connectivity index (χ4n) is 1.45. The summed E-state index contributed by atoms with van der Waals surface area (Å²) >= 11 is 0. The van der Waals surface area contributed by atoms with Crippen LogP contribution in [0.5, 0.6) is 0 Å². The fourth-order valence-corrected chi connectivity index (χ4v) is 1.45. The van der Waals surface area contributed by atoms with E-state index in [0.717, 1.165) is 11.0 Å². The molecule has 88 valence electrons. The number of hydrogen-bond donors (Lipinski definition) is 2. The van der Waals surface area contributed by atoms with Gasteiger partial charge in [-0.1, -0.05) is 0 Å². The summed E-state index contributed by atoms with van der Waals surface area (Å²) in [5.41, 5.74) is 5.09. The lowest BCUT2D eigenvalue weighted by Gasteiger charge is -2.33. The van der Waals surface area contributed by atoms with Gasteiger partial charge < -0.3 is 10.8 Å². The highest BCUT2D eigenvalue weighted by Crippen LogP contribution is 2.26. The number of hydrogen-bond acceptors (Lipinski definition) is 2. The second-order valence-corrected chi connectivity index (χ2v) is 4.49. The monoisotopic (exact) mass is 226 g/mol. The van der Waals surface area contributed by atoms with Crippen molar-refractivity contribution in [2.45, 2.75) is 26.3 Å². The zero-order valence-electron chi connectivity index (χ0n) is 9.49. The zero-order chi connectivity index (χ0) is 12.5. The molecule has 0 unspecified atom stereocenters. The first-order chi connectivity index (χ1) is 7.23. The predicted molar refractivity (Wildman–Crippen MR) is 61.1 cm³/mol. The molecule has 0 aliphatic heterocycles. The molecular weight excluding hydrogens is 211 g/mol. The van der Waals surface area contributed by atoms with Gasteiger partial charge in [-0.25, -0.2) is 9.18 Å². The topological polar surface area (TPSA) is 66.6 Å². The molecule has 0 radical (unpaired) electrons. The van der Waals surface area contributed by atoms with E-state index in [1.165, 1.54) is 12.1 Å². The van der Waals surface area contributed by atoms with Crippen LogP contribution in [0.25, 0.3) is 0 Å². The van der Waals surface area contributed by atoms with Crippen molar-refractivity contribution in [3.63, 3.8) is 0 Å². The number of nitrogen functional groups attached to an aromatic ring is 1. The lowest BCUT2D eigenvalue weighted by molar-refractivity contribution is 0.195. The van der Waals surface area contributed by atoms with Crippen molar-refractivity contribution in [3.05, 3.63) is 24.0 Å². The SMILES string of the molecule is CC(C)(C)N(C(=O)O)c1ccc(F)c(N)c1. The Kier molecular flexibility index (Phi) is 3.07. The minimum absolute atomic E-state index is 0.0620. The van der Waals surface area contributed by atoms with Crippen LogP contribution >= 0.6 is 0 Å². The minimum atomic E-state index is -1.10. The molecule has 5 heteroatoms. The first kappa shape index (κ1) is 12.3. The molecule has 16 heavy (non-hydrogen) atoms. The third kappa shape index (κ3) is 2.42. The van der Waals surface area contributed by atoms with Gasteiger partial charge in [0.25, 0.3) is 0 Å². The maximum absolute atomic E-state index is 13.0. The summed E-state index contributed by atoms with van der Waals surface area (Å²) in [6, 6.07) is 3.87. The number of nitrogens with two attached hydrogens (primary N) is 1. The molecule has 3 N–H and O–H groups in total. The average Bonchev–Trinajstić information content (AvgIpc) is 2.08. The molecule has 0 saturated carbocycles. The summed E-state index contributed by atoms with van der Waals surface area (Å²) in [6.07, 6.45) is -1.10. The van der Waals surface area contributed by atoms with E-state index in [4.69, 9.17) is 10.8 Å². The lowest BCUT2D eigenvalue weighted by Crippen LogP contribution is -2.45. The predicted octanol–water partition coefficient (Wildman–Crippen LogP) is 2.69. The normalized spacial score (nSPS) is 11.2. The summed E-state index contributed by atoms with van der Waals surface area (Å²) in [5, 5.41) is 9.11. The molecule has 0 spiro atoms. The summed E-state index contributed by atoms with van der Waals surface area (Å²) in [7, 11) is 0. The Labute approximate surface area is 93.5 Å². The smallest absolute Gasteiger partial charge is 0.412 e. The fraction of sp³-hybridized carbons (Fsp3) is 0.364. The van der Waals surface area contributed by atoms with Crippen molar-refractivity contribution in [3.8, 4) is 0 Å². The van der Waals surface area contributed by atoms with Crippen molar-refractivity contribution < 1.29 is 14.3 Å². The molecule has 0 bridgehead atoms. The van der Waals surface area contributed by atoms with Gasteiger partial charge in [-0.05, 0) is 39.0 Å². The molecule has 0 heterocycles. The van der Waals surface area contributed by atoms with Crippen LogP contribution in [0.2, 0.25) is 0 Å². The van der Waals surface area contributed by atoms with E-state index in [2.05, 4.69) is 0 Å². The molecule has 0 aromatic heterocycles. The van der Waals surface area contributed by atoms with Crippen LogP contribution in [-0.2, 0) is 0 Å². The zero-order valence-corrected chi connectivity index (χ0v) is 9.49. The third-order valence-electron chi connectivity index (χ3n) is 2.10. The van der Waals surface area contributed by atoms with E-state index in [1.54, 1.807) is 20.8 Å². The quantitative estimate of drug-likeness (QED) is 0.723. The first-order valence-corrected chi connectivity index (χ1v) is 4.81. The van der Waals surface area contributed by atoms with E-state index < -0.39 is 17.4 Å². The number of benzene rings is 1. The van der Waals surface area contributed by atoms with Crippen LogP contribution in [0.3, 0.4) is 0 Å². The summed E-state index contributed by atoms with van der Waals surface area (Å²) in [5.74, 6) is -0.553. The molecule has 0 saturated heterocycles. The molecule has 1 aromatic carbocycles. The van der Waals surface area contributed by atoms with Gasteiger partial charge in [0.15, 0.2) is 0 Å². The minimum Gasteiger partial charge on any atom is -0.465 e. The molecule has 0 atom stereocenters. The van der Waals surface area contributed by atoms with Gasteiger partial charge in [0.05, 0.1) is 5.69 Å². The lowest BCUT2D eigenvalue weighted by atomic mass is 10.1. The van der Waals surface area contributed by atoms with Gasteiger partial charge in [-0.3, -0.25) is 4.90 Å². The van der Waals surface area contributed by atoms with Crippen LogP contribution in [-0.4, -0.2) is 16.7 Å². The molecule has 4 nitrogen and oxygen atoms in total. The maximum atomic E-state index is 13.0. The first-order valence-electron chi connectivity index (χ1n) is 4.81. The van der Waals surface area contributed by atoms with Gasteiger partial charge in [0, 0.05) is 11.2 Å². The Bertz CT molecular complexity index is 413. The van der Waals surface area contributed by atoms with Crippen LogP contribution in [0.15, 0.2) is 18.2 Å². The van der Waals surface area contributed by atoms with E-state index >= 15 is 0 Å². The van der Waals surface area contributed by atoms with E-state index in [0.29, 0.717) is 5.69 Å². The number of carbonyl (C=O) groups is 1. The largest absolute Gasteiger partial charge is 0.465 e. The summed E-state index contributed by atoms with van der Waals surface area (Å²) in [6.45, 7) is 5.25. The third-order valence-corrected chi connectivity index (χ3v) is 2.10. The highest BCUT2D eigenvalue weighted by atomic mass is 19.1. The van der Waals surface area contributed by atoms with Crippen LogP contribution in [0, 0.1) is 5.82 Å². The molecule has 0 aliphatic carbocycles. The number of rotatable bonds is 1. The van der Waals surface area contributed by atoms with E-state index in [1.807, 2.05) is 0 Å². The number of amides is 1. The van der Waals surface area contributed by atoms with Gasteiger partial charge >= 0.3 is 6.09 Å². The molecule has 1 amide bonds. The molecular formula is C11H15FN2O2. The van der Waals surface area contributed by atoms with Crippen LogP contribution < -0.4 is 10.6 Å². The highest BCUT2D eigenvalue weighted by molar-refractivity contribution is 5.88. The Hall–Kier alpha value is -1.78. The van der Waals surface area contributed by atoms with Crippen LogP contribution in [0.1, 0.15) is 20.8 Å². The average molecular weight is 226 g/mol. The molecule has 1 rings (SSSR count). The Morgan fingerprint density at radius 3 is 2.38 bits per heavy atom. The van der Waals surface area contributed by atoms with Crippen molar-refractivity contribution in [1.29, 1.82) is 0 Å². The van der Waals surface area contributed by atoms with Crippen LogP contribution in [0.4, 0.5) is 20.6 Å². The number of anilines is 2. The van der Waals surface area contributed by atoms with Gasteiger partial charge in [-0.15, -0.1) is 0 Å². The summed E-state index contributed by atoms with van der Waals surface area (Å²) < 4.78 is 13.0. The number of halogens is 1. The Balaban J connectivity index is 3.22. The van der Waals surface area contributed by atoms with Gasteiger partial charge in [0.1, 0.15) is 5.82 Å². The molecule has 0 aliphatic rings. The second-order valence-electron chi connectivity index (χ2n) is 4.49. The van der Waals surface area contributed by atoms with Gasteiger partial charge in [0.2, 0.25) is 0 Å². The second kappa shape index (κ2) is 4.00. The van der Waals surface area contributed by atoms with Crippen molar-refractivity contribution in [2.75, 3.05) is 10.6 Å². The Morgan fingerprint density at radius 2 is 2.00 bits per heavy atom. The standard InChI is InChI=1S/C11H15FN2O2/c1-11(2,3)14(10(15)16)7-4-5-8(12)9(13)6-7/h4-6H,13H2,1-3H3,(H,15,16). The van der Waals surface area contributed by atoms with Crippen molar-refractivity contribution in [2.24, 2.45) is 0 Å². The van der Waals surface area contributed by atoms with E-state index in [-0.39, 0.29) is 5.69 Å². The maximum Gasteiger partial charge on any atom is 0.412 e. The van der Waals surface area contributed by atoms with Crippen molar-refractivity contribution >= 4 is 17.5 Å². The van der Waals surface area contributed by atoms with Gasteiger partial charge in [-0.2, -0.15) is 0 Å². The molecule has 0 fully saturated rings. The number of carboxylic acid groups (broad SMARTS) is 1. The molecule has 1 aromatic rings. The Morgan fingerprint density at radius 1 is 1.44 bits per heavy atom. The highest BCUT2D eigenvalue weighted by Gasteiger charge is 2.28. The van der Waals surface area contributed by atoms with Crippen molar-refractivity contribution in [1.82, 2.24) is 0 Å². The number of nitrogens with zero attached hydrogens (tertiary/aromatic N) is 1. The summed E-state index contributed by atoms with van der Waals surface area (Å²) in [4.78, 5) is 12.3.